The lowest BCUT2D eigenvalue weighted by atomic mass is 9.92. The molecule has 7 heteroatoms. The minimum absolute atomic E-state index is 0.196. The average molecular weight is 299 g/mol. The molecule has 1 aromatic heterocycles. The van der Waals surface area contributed by atoms with E-state index in [1.165, 1.54) is 0 Å². The molecule has 1 amide bonds. The number of amides is 1. The van der Waals surface area contributed by atoms with E-state index in [2.05, 4.69) is 10.3 Å². The summed E-state index contributed by atoms with van der Waals surface area (Å²) in [6.45, 7) is 2.03. The molecule has 0 spiro atoms. The first-order valence-electron chi connectivity index (χ1n) is 6.50. The third kappa shape index (κ3) is 3.41. The highest BCUT2D eigenvalue weighted by Crippen LogP contribution is 2.33. The van der Waals surface area contributed by atoms with Gasteiger partial charge in [0.2, 0.25) is 5.91 Å². The van der Waals surface area contributed by atoms with Crippen molar-refractivity contribution in [1.82, 2.24) is 15.6 Å². The summed E-state index contributed by atoms with van der Waals surface area (Å²) in [6, 6.07) is 1.54. The highest BCUT2D eigenvalue weighted by Gasteiger charge is 2.44. The van der Waals surface area contributed by atoms with E-state index in [4.69, 9.17) is 0 Å². The second kappa shape index (κ2) is 5.85. The molecular weight excluding hydrogens is 283 g/mol. The summed E-state index contributed by atoms with van der Waals surface area (Å²) < 4.78 is 38.7. The molecule has 0 radical (unpaired) electrons. The zero-order chi connectivity index (χ0) is 15.6. The Balaban J connectivity index is 2.45. The quantitative estimate of drug-likeness (QED) is 0.895. The lowest BCUT2D eigenvalue weighted by molar-refractivity contribution is -0.160. The van der Waals surface area contributed by atoms with Crippen LogP contribution in [0.2, 0.25) is 0 Å². The van der Waals surface area contributed by atoms with Gasteiger partial charge in [-0.3, -0.25) is 9.78 Å². The van der Waals surface area contributed by atoms with Crippen molar-refractivity contribution in [1.29, 1.82) is 0 Å². The van der Waals surface area contributed by atoms with Gasteiger partial charge >= 0.3 is 6.18 Å². The molecule has 21 heavy (non-hydrogen) atoms. The maximum Gasteiger partial charge on any atom is 0.408 e. The number of carbonyl (C=O) groups excluding carboxylic acids is 1. The van der Waals surface area contributed by atoms with Crippen LogP contribution in [0.15, 0.2) is 23.9 Å². The molecule has 0 saturated heterocycles. The normalized spacial score (nSPS) is 19.7. The van der Waals surface area contributed by atoms with E-state index in [9.17, 15) is 18.0 Å². The van der Waals surface area contributed by atoms with Crippen LogP contribution >= 0.6 is 0 Å². The van der Waals surface area contributed by atoms with Crippen molar-refractivity contribution < 1.29 is 18.0 Å². The monoisotopic (exact) mass is 299 g/mol. The van der Waals surface area contributed by atoms with E-state index in [0.29, 0.717) is 16.8 Å². The van der Waals surface area contributed by atoms with Crippen molar-refractivity contribution in [3.8, 4) is 0 Å². The fourth-order valence-corrected chi connectivity index (χ4v) is 2.23. The maximum absolute atomic E-state index is 12.9. The Kier molecular flexibility index (Phi) is 4.32. The van der Waals surface area contributed by atoms with E-state index in [-0.39, 0.29) is 13.0 Å². The molecule has 0 fully saturated rings. The van der Waals surface area contributed by atoms with Crippen molar-refractivity contribution in [2.24, 2.45) is 0 Å². The van der Waals surface area contributed by atoms with Crippen LogP contribution < -0.4 is 10.6 Å². The van der Waals surface area contributed by atoms with E-state index in [1.807, 2.05) is 12.2 Å². The number of aromatic nitrogens is 1. The van der Waals surface area contributed by atoms with E-state index in [1.54, 1.807) is 25.4 Å². The highest BCUT2D eigenvalue weighted by molar-refractivity contribution is 6.03. The van der Waals surface area contributed by atoms with Crippen LogP contribution in [0.5, 0.6) is 0 Å². The summed E-state index contributed by atoms with van der Waals surface area (Å²) in [4.78, 5) is 16.1. The molecule has 0 aromatic carbocycles. The van der Waals surface area contributed by atoms with Gasteiger partial charge in [-0.05, 0) is 31.2 Å². The Hall–Kier alpha value is -1.89. The van der Waals surface area contributed by atoms with E-state index < -0.39 is 18.1 Å². The molecule has 1 aromatic rings. The second-order valence-corrected chi connectivity index (χ2v) is 4.98. The first kappa shape index (κ1) is 15.5. The smallest absolute Gasteiger partial charge is 0.340 e. The van der Waals surface area contributed by atoms with Crippen LogP contribution in [0.1, 0.15) is 17.7 Å². The molecule has 2 rings (SSSR count). The molecular formula is C14H16F3N3O. The van der Waals surface area contributed by atoms with Crippen molar-refractivity contribution in [3.63, 3.8) is 0 Å². The van der Waals surface area contributed by atoms with Crippen LogP contribution in [0, 0.1) is 6.92 Å². The summed E-state index contributed by atoms with van der Waals surface area (Å²) in [6.07, 6.45) is -3.20. The van der Waals surface area contributed by atoms with Crippen molar-refractivity contribution in [2.75, 3.05) is 13.6 Å². The molecule has 4 nitrogen and oxygen atoms in total. The molecule has 0 saturated carbocycles. The lowest BCUT2D eigenvalue weighted by Crippen LogP contribution is -2.50. The number of pyridine rings is 1. The molecule has 2 heterocycles. The Morgan fingerprint density at radius 3 is 2.67 bits per heavy atom. The third-order valence-electron chi connectivity index (χ3n) is 3.32. The van der Waals surface area contributed by atoms with Gasteiger partial charge in [-0.15, -0.1) is 0 Å². The van der Waals surface area contributed by atoms with Crippen LogP contribution in [0.3, 0.4) is 0 Å². The van der Waals surface area contributed by atoms with Crippen LogP contribution in [0.25, 0.3) is 5.57 Å². The minimum atomic E-state index is -4.48. The van der Waals surface area contributed by atoms with Gasteiger partial charge in [-0.2, -0.15) is 13.2 Å². The highest BCUT2D eigenvalue weighted by atomic mass is 19.4. The predicted octanol–water partition coefficient (Wildman–Crippen LogP) is 1.81. The topological polar surface area (TPSA) is 54.0 Å². The standard InChI is InChI=1S/C14H16F3N3O/c1-8-3-4-11(19-6-8)9-5-12(14(15,16)17)20-13(21)10(9)7-18-2/h3-4,6,12,18H,5,7H2,1-2H3,(H,20,21)/t12-/m1/s1. The van der Waals surface area contributed by atoms with Crippen molar-refractivity contribution in [3.05, 3.63) is 35.2 Å². The van der Waals surface area contributed by atoms with Gasteiger partial charge in [0.15, 0.2) is 0 Å². The zero-order valence-electron chi connectivity index (χ0n) is 11.7. The number of nitrogens with one attached hydrogen (secondary N) is 2. The van der Waals surface area contributed by atoms with Crippen LogP contribution in [-0.4, -0.2) is 36.7 Å². The molecule has 0 unspecified atom stereocenters. The van der Waals surface area contributed by atoms with Crippen molar-refractivity contribution >= 4 is 11.5 Å². The average Bonchev–Trinajstić information content (AvgIpc) is 2.41. The molecule has 0 bridgehead atoms. The fraction of sp³-hybridized carbons (Fsp3) is 0.429. The third-order valence-corrected chi connectivity index (χ3v) is 3.32. The number of carbonyl (C=O) groups is 1. The Bertz CT molecular complexity index is 564. The molecule has 114 valence electrons. The van der Waals surface area contributed by atoms with Crippen LogP contribution in [-0.2, 0) is 4.79 Å². The second-order valence-electron chi connectivity index (χ2n) is 4.98. The Morgan fingerprint density at radius 1 is 1.43 bits per heavy atom. The van der Waals surface area contributed by atoms with Gasteiger partial charge in [0.25, 0.3) is 0 Å². The number of aryl methyl sites for hydroxylation is 1. The summed E-state index contributed by atoms with van der Waals surface area (Å²) in [5.74, 6) is -0.699. The molecule has 1 atom stereocenters. The number of hydrogen-bond donors (Lipinski definition) is 2. The maximum atomic E-state index is 12.9. The first-order valence-corrected chi connectivity index (χ1v) is 6.50. The predicted molar refractivity (Wildman–Crippen MR) is 72.4 cm³/mol. The SMILES string of the molecule is CNCC1=C(c2ccc(C)cn2)C[C@H](C(F)(F)F)NC1=O. The molecule has 2 N–H and O–H groups in total. The minimum Gasteiger partial charge on any atom is -0.340 e. The number of halogens is 3. The molecule has 1 aliphatic heterocycles. The summed E-state index contributed by atoms with van der Waals surface area (Å²) >= 11 is 0. The summed E-state index contributed by atoms with van der Waals surface area (Å²) in [5.41, 5.74) is 1.96. The van der Waals surface area contributed by atoms with Gasteiger partial charge in [0.1, 0.15) is 6.04 Å². The number of hydrogen-bond acceptors (Lipinski definition) is 3. The Morgan fingerprint density at radius 2 is 2.14 bits per heavy atom. The zero-order valence-corrected chi connectivity index (χ0v) is 11.7. The lowest BCUT2D eigenvalue weighted by Gasteiger charge is -2.29. The Labute approximate surface area is 120 Å². The fourth-order valence-electron chi connectivity index (χ4n) is 2.23. The van der Waals surface area contributed by atoms with Crippen molar-refractivity contribution in [2.45, 2.75) is 25.6 Å². The van der Waals surface area contributed by atoms with Crippen LogP contribution in [0.4, 0.5) is 13.2 Å². The number of nitrogens with zero attached hydrogens (tertiary/aromatic N) is 1. The number of rotatable bonds is 3. The van der Waals surface area contributed by atoms with Gasteiger partial charge < -0.3 is 10.6 Å². The van der Waals surface area contributed by atoms with Gasteiger partial charge in [-0.25, -0.2) is 0 Å². The summed E-state index contributed by atoms with van der Waals surface area (Å²) in [7, 11) is 1.64. The van der Waals surface area contributed by atoms with Gasteiger partial charge in [0, 0.05) is 24.7 Å². The number of alkyl halides is 3. The largest absolute Gasteiger partial charge is 0.408 e. The van der Waals surface area contributed by atoms with E-state index >= 15 is 0 Å². The first-order chi connectivity index (χ1) is 9.82. The van der Waals surface area contributed by atoms with Gasteiger partial charge in [-0.1, -0.05) is 6.07 Å². The molecule has 0 aliphatic carbocycles. The van der Waals surface area contributed by atoms with Gasteiger partial charge in [0.05, 0.1) is 5.69 Å². The summed E-state index contributed by atoms with van der Waals surface area (Å²) in [5, 5.41) is 4.82. The van der Waals surface area contributed by atoms with E-state index in [0.717, 1.165) is 5.56 Å². The molecule has 1 aliphatic rings. The number of likely N-dealkylation sites (N-methyl/N-ethyl adjacent to an activating group) is 1.